The highest BCUT2D eigenvalue weighted by Crippen LogP contribution is 2.35. The molecule has 1 aliphatic rings. The number of nitrogens with zero attached hydrogens (tertiary/aromatic N) is 1. The molecule has 1 heterocycles. The molecule has 1 aromatic rings. The second-order valence-electron chi connectivity index (χ2n) is 5.27. The lowest BCUT2D eigenvalue weighted by atomic mass is 10.2. The zero-order valence-electron chi connectivity index (χ0n) is 13.4. The van der Waals surface area contributed by atoms with Gasteiger partial charge < -0.3 is 19.1 Å². The Bertz CT molecular complexity index is 573. The van der Waals surface area contributed by atoms with Gasteiger partial charge in [0, 0.05) is 13.1 Å². The van der Waals surface area contributed by atoms with Crippen LogP contribution in [0.3, 0.4) is 0 Å². The SMILES string of the molecule is COc1cc(C(=O)OC(C)C(=O)N2CCCC2)cc(OC)c1Br. The van der Waals surface area contributed by atoms with Crippen molar-refractivity contribution < 1.29 is 23.8 Å². The second-order valence-corrected chi connectivity index (χ2v) is 6.07. The number of rotatable bonds is 5. The average Bonchev–Trinajstić information content (AvgIpc) is 3.08. The van der Waals surface area contributed by atoms with Crippen molar-refractivity contribution in [2.24, 2.45) is 0 Å². The number of esters is 1. The van der Waals surface area contributed by atoms with Crippen LogP contribution in [0.4, 0.5) is 0 Å². The van der Waals surface area contributed by atoms with Gasteiger partial charge in [-0.2, -0.15) is 0 Å². The number of halogens is 1. The smallest absolute Gasteiger partial charge is 0.339 e. The fourth-order valence-corrected chi connectivity index (χ4v) is 3.01. The Morgan fingerprint density at radius 2 is 1.65 bits per heavy atom. The van der Waals surface area contributed by atoms with E-state index >= 15 is 0 Å². The molecule has 1 aliphatic heterocycles. The van der Waals surface area contributed by atoms with Gasteiger partial charge in [0.2, 0.25) is 0 Å². The molecule has 0 spiro atoms. The standard InChI is InChI=1S/C16H20BrNO5/c1-10(15(19)18-6-4-5-7-18)23-16(20)11-8-12(21-2)14(17)13(9-11)22-3/h8-10H,4-7H2,1-3H3. The molecule has 1 saturated heterocycles. The van der Waals surface area contributed by atoms with Crippen LogP contribution in [-0.4, -0.2) is 50.2 Å². The molecule has 0 aliphatic carbocycles. The Balaban J connectivity index is 2.12. The summed E-state index contributed by atoms with van der Waals surface area (Å²) in [4.78, 5) is 26.2. The predicted molar refractivity (Wildman–Crippen MR) is 87.9 cm³/mol. The molecule has 1 amide bonds. The Morgan fingerprint density at radius 1 is 1.13 bits per heavy atom. The van der Waals surface area contributed by atoms with Gasteiger partial charge in [-0.15, -0.1) is 0 Å². The number of methoxy groups -OCH3 is 2. The quantitative estimate of drug-likeness (QED) is 0.728. The zero-order valence-corrected chi connectivity index (χ0v) is 15.0. The van der Waals surface area contributed by atoms with Crippen LogP contribution in [0.2, 0.25) is 0 Å². The Morgan fingerprint density at radius 3 is 2.13 bits per heavy atom. The van der Waals surface area contributed by atoms with Crippen LogP contribution >= 0.6 is 15.9 Å². The molecule has 23 heavy (non-hydrogen) atoms. The lowest BCUT2D eigenvalue weighted by molar-refractivity contribution is -0.138. The van der Waals surface area contributed by atoms with E-state index in [1.54, 1.807) is 24.0 Å². The number of benzene rings is 1. The highest BCUT2D eigenvalue weighted by Gasteiger charge is 2.27. The van der Waals surface area contributed by atoms with Crippen LogP contribution in [0.5, 0.6) is 11.5 Å². The number of carbonyl (C=O) groups is 2. The van der Waals surface area contributed by atoms with Crippen molar-refractivity contribution in [1.29, 1.82) is 0 Å². The minimum absolute atomic E-state index is 0.160. The molecule has 1 atom stereocenters. The predicted octanol–water partition coefficient (Wildman–Crippen LogP) is 2.63. The van der Waals surface area contributed by atoms with Crippen molar-refractivity contribution in [3.8, 4) is 11.5 Å². The molecule has 0 bridgehead atoms. The van der Waals surface area contributed by atoms with Gasteiger partial charge in [-0.3, -0.25) is 4.79 Å². The Labute approximate surface area is 143 Å². The first-order valence-electron chi connectivity index (χ1n) is 7.39. The average molecular weight is 386 g/mol. The van der Waals surface area contributed by atoms with Crippen molar-refractivity contribution in [2.45, 2.75) is 25.9 Å². The normalized spacial score (nSPS) is 15.2. The molecular formula is C16H20BrNO5. The van der Waals surface area contributed by atoms with Crippen molar-refractivity contribution in [1.82, 2.24) is 4.90 Å². The van der Waals surface area contributed by atoms with Crippen molar-refractivity contribution in [3.63, 3.8) is 0 Å². The number of amides is 1. The number of carbonyl (C=O) groups excluding carboxylic acids is 2. The number of hydrogen-bond donors (Lipinski definition) is 0. The summed E-state index contributed by atoms with van der Waals surface area (Å²) in [5.74, 6) is 0.158. The van der Waals surface area contributed by atoms with Gasteiger partial charge in [0.15, 0.2) is 6.10 Å². The molecule has 2 rings (SSSR count). The Kier molecular flexibility index (Phi) is 5.87. The van der Waals surface area contributed by atoms with E-state index in [0.717, 1.165) is 25.9 Å². The molecule has 0 aromatic heterocycles. The minimum atomic E-state index is -0.818. The summed E-state index contributed by atoms with van der Waals surface area (Å²) in [7, 11) is 2.99. The van der Waals surface area contributed by atoms with E-state index in [-0.39, 0.29) is 11.5 Å². The molecule has 7 heteroatoms. The fraction of sp³-hybridized carbons (Fsp3) is 0.500. The van der Waals surface area contributed by atoms with Gasteiger partial charge in [0.1, 0.15) is 16.0 Å². The van der Waals surface area contributed by atoms with E-state index in [9.17, 15) is 9.59 Å². The lowest BCUT2D eigenvalue weighted by Crippen LogP contribution is -2.38. The van der Waals surface area contributed by atoms with Crippen LogP contribution in [-0.2, 0) is 9.53 Å². The van der Waals surface area contributed by atoms with E-state index in [1.807, 2.05) is 0 Å². The van der Waals surface area contributed by atoms with Gasteiger partial charge in [0.05, 0.1) is 19.8 Å². The summed E-state index contributed by atoms with van der Waals surface area (Å²) < 4.78 is 16.3. The lowest BCUT2D eigenvalue weighted by Gasteiger charge is -2.20. The van der Waals surface area contributed by atoms with E-state index in [2.05, 4.69) is 15.9 Å². The third kappa shape index (κ3) is 3.96. The third-order valence-corrected chi connectivity index (χ3v) is 4.51. The van der Waals surface area contributed by atoms with Crippen LogP contribution in [0.25, 0.3) is 0 Å². The summed E-state index contributed by atoms with van der Waals surface area (Å²) in [5.41, 5.74) is 0.267. The molecule has 1 unspecified atom stereocenters. The molecule has 0 N–H and O–H groups in total. The van der Waals surface area contributed by atoms with Crippen molar-refractivity contribution >= 4 is 27.8 Å². The maximum Gasteiger partial charge on any atom is 0.339 e. The Hall–Kier alpha value is -1.76. The van der Waals surface area contributed by atoms with E-state index in [1.165, 1.54) is 14.2 Å². The minimum Gasteiger partial charge on any atom is -0.495 e. The first kappa shape index (κ1) is 17.6. The molecule has 1 fully saturated rings. The first-order valence-corrected chi connectivity index (χ1v) is 8.18. The summed E-state index contributed by atoms with van der Waals surface area (Å²) >= 11 is 3.34. The summed E-state index contributed by atoms with van der Waals surface area (Å²) in [6, 6.07) is 3.09. The van der Waals surface area contributed by atoms with E-state index in [0.29, 0.717) is 16.0 Å². The van der Waals surface area contributed by atoms with Crippen molar-refractivity contribution in [3.05, 3.63) is 22.2 Å². The van der Waals surface area contributed by atoms with Gasteiger partial charge in [0.25, 0.3) is 5.91 Å². The molecule has 126 valence electrons. The monoisotopic (exact) mass is 385 g/mol. The third-order valence-electron chi connectivity index (χ3n) is 3.73. The highest BCUT2D eigenvalue weighted by atomic mass is 79.9. The highest BCUT2D eigenvalue weighted by molar-refractivity contribution is 9.10. The van der Waals surface area contributed by atoms with Crippen LogP contribution in [0.15, 0.2) is 16.6 Å². The summed E-state index contributed by atoms with van der Waals surface area (Å²) in [6.45, 7) is 3.03. The van der Waals surface area contributed by atoms with E-state index < -0.39 is 12.1 Å². The van der Waals surface area contributed by atoms with Crippen molar-refractivity contribution in [2.75, 3.05) is 27.3 Å². The van der Waals surface area contributed by atoms with Gasteiger partial charge in [-0.25, -0.2) is 4.79 Å². The van der Waals surface area contributed by atoms with Crippen LogP contribution < -0.4 is 9.47 Å². The topological polar surface area (TPSA) is 65.1 Å². The molecule has 6 nitrogen and oxygen atoms in total. The largest absolute Gasteiger partial charge is 0.495 e. The van der Waals surface area contributed by atoms with Crippen LogP contribution in [0.1, 0.15) is 30.1 Å². The van der Waals surface area contributed by atoms with E-state index in [4.69, 9.17) is 14.2 Å². The van der Waals surface area contributed by atoms with Gasteiger partial charge in [-0.1, -0.05) is 0 Å². The first-order chi connectivity index (χ1) is 11.0. The fourth-order valence-electron chi connectivity index (χ4n) is 2.46. The summed E-state index contributed by atoms with van der Waals surface area (Å²) in [6.07, 6.45) is 1.17. The molecular weight excluding hydrogens is 366 g/mol. The van der Waals surface area contributed by atoms with Gasteiger partial charge >= 0.3 is 5.97 Å². The maximum absolute atomic E-state index is 12.3. The van der Waals surface area contributed by atoms with Gasteiger partial charge in [-0.05, 0) is 47.8 Å². The number of ether oxygens (including phenoxy) is 3. The molecule has 1 aromatic carbocycles. The maximum atomic E-state index is 12.3. The zero-order chi connectivity index (χ0) is 17.0. The number of likely N-dealkylation sites (tertiary alicyclic amines) is 1. The second kappa shape index (κ2) is 7.68. The molecule has 0 saturated carbocycles. The number of hydrogen-bond acceptors (Lipinski definition) is 5. The summed E-state index contributed by atoms with van der Waals surface area (Å²) in [5, 5.41) is 0. The van der Waals surface area contributed by atoms with Crippen LogP contribution in [0, 0.1) is 0 Å². The molecule has 0 radical (unpaired) electrons.